The molecule has 5 heteroatoms. The van der Waals surface area contributed by atoms with Gasteiger partial charge in [-0.05, 0) is 25.7 Å². The van der Waals surface area contributed by atoms with Crippen LogP contribution in [-0.2, 0) is 19.0 Å². The summed E-state index contributed by atoms with van der Waals surface area (Å²) >= 11 is 0. The molecule has 1 saturated heterocycles. The first-order valence-corrected chi connectivity index (χ1v) is 6.35. The summed E-state index contributed by atoms with van der Waals surface area (Å²) in [5.41, 5.74) is 0. The molecule has 0 N–H and O–H groups in total. The summed E-state index contributed by atoms with van der Waals surface area (Å²) < 4.78 is 31.3. The molecule has 0 aromatic rings. The second-order valence-corrected chi connectivity index (χ2v) is 4.95. The number of hydrogen-bond acceptors (Lipinski definition) is 4. The molecule has 0 unspecified atom stereocenters. The topological polar surface area (TPSA) is 52.6 Å². The zero-order valence-electron chi connectivity index (χ0n) is 7.86. The molecule has 0 aromatic heterocycles. The highest BCUT2D eigenvalue weighted by molar-refractivity contribution is 7.85. The van der Waals surface area contributed by atoms with Crippen LogP contribution in [0.15, 0.2) is 0 Å². The van der Waals surface area contributed by atoms with E-state index in [2.05, 4.69) is 4.18 Å². The maximum absolute atomic E-state index is 10.6. The smallest absolute Gasteiger partial charge is 0.264 e. The second kappa shape index (κ2) is 4.93. The van der Waals surface area contributed by atoms with Crippen molar-refractivity contribution >= 4 is 10.1 Å². The molecule has 78 valence electrons. The average molecular weight is 208 g/mol. The summed E-state index contributed by atoms with van der Waals surface area (Å²) in [6, 6.07) is 0. The van der Waals surface area contributed by atoms with E-state index in [4.69, 9.17) is 4.74 Å². The number of rotatable bonds is 4. The van der Waals surface area contributed by atoms with Crippen molar-refractivity contribution in [3.8, 4) is 0 Å². The molecule has 1 atom stereocenters. The van der Waals surface area contributed by atoms with Crippen LogP contribution in [0.1, 0.15) is 25.7 Å². The van der Waals surface area contributed by atoms with Crippen LogP contribution in [0.5, 0.6) is 0 Å². The van der Waals surface area contributed by atoms with Gasteiger partial charge in [0.25, 0.3) is 10.1 Å². The molecule has 0 spiro atoms. The van der Waals surface area contributed by atoms with Crippen molar-refractivity contribution in [2.24, 2.45) is 0 Å². The minimum Gasteiger partial charge on any atom is -0.378 e. The molecule has 4 nitrogen and oxygen atoms in total. The zero-order chi connectivity index (χ0) is 9.73. The van der Waals surface area contributed by atoms with Crippen LogP contribution in [-0.4, -0.2) is 34.0 Å². The maximum Gasteiger partial charge on any atom is 0.264 e. The van der Waals surface area contributed by atoms with Crippen LogP contribution >= 0.6 is 0 Å². The average Bonchev–Trinajstić information content (AvgIpc) is 2.04. The van der Waals surface area contributed by atoms with E-state index >= 15 is 0 Å². The van der Waals surface area contributed by atoms with Gasteiger partial charge in [0.15, 0.2) is 0 Å². The van der Waals surface area contributed by atoms with Gasteiger partial charge in [0.05, 0.1) is 19.0 Å². The Morgan fingerprint density at radius 3 is 2.77 bits per heavy atom. The third kappa shape index (κ3) is 5.23. The summed E-state index contributed by atoms with van der Waals surface area (Å²) in [5, 5.41) is 0. The molecule has 0 amide bonds. The SMILES string of the molecule is CS(=O)(=O)OCC[C@@H]1CCCCO1. The van der Waals surface area contributed by atoms with E-state index < -0.39 is 10.1 Å². The van der Waals surface area contributed by atoms with Crippen molar-refractivity contribution in [3.05, 3.63) is 0 Å². The summed E-state index contributed by atoms with van der Waals surface area (Å²) in [7, 11) is -3.28. The predicted molar refractivity (Wildman–Crippen MR) is 49.0 cm³/mol. The molecule has 1 rings (SSSR count). The van der Waals surface area contributed by atoms with Gasteiger partial charge in [-0.2, -0.15) is 8.42 Å². The minimum atomic E-state index is -3.28. The Morgan fingerprint density at radius 2 is 2.23 bits per heavy atom. The van der Waals surface area contributed by atoms with Gasteiger partial charge in [-0.15, -0.1) is 0 Å². The summed E-state index contributed by atoms with van der Waals surface area (Å²) in [4.78, 5) is 0. The van der Waals surface area contributed by atoms with Gasteiger partial charge in [0.1, 0.15) is 0 Å². The third-order valence-electron chi connectivity index (χ3n) is 2.01. The lowest BCUT2D eigenvalue weighted by molar-refractivity contribution is 0.00457. The first kappa shape index (κ1) is 10.9. The molecule has 1 fully saturated rings. The molecular formula is C8H16O4S. The summed E-state index contributed by atoms with van der Waals surface area (Å²) in [6.45, 7) is 1.03. The fraction of sp³-hybridized carbons (Fsp3) is 1.00. The van der Waals surface area contributed by atoms with Gasteiger partial charge in [0, 0.05) is 6.61 Å². The van der Waals surface area contributed by atoms with Gasteiger partial charge in [-0.25, -0.2) is 0 Å². The van der Waals surface area contributed by atoms with Gasteiger partial charge < -0.3 is 4.74 Å². The fourth-order valence-corrected chi connectivity index (χ4v) is 1.76. The van der Waals surface area contributed by atoms with E-state index in [1.807, 2.05) is 0 Å². The van der Waals surface area contributed by atoms with E-state index in [1.165, 1.54) is 6.42 Å². The van der Waals surface area contributed by atoms with Gasteiger partial charge >= 0.3 is 0 Å². The van der Waals surface area contributed by atoms with E-state index in [1.54, 1.807) is 0 Å². The Kier molecular flexibility index (Phi) is 4.15. The molecule has 0 aromatic carbocycles. The van der Waals surface area contributed by atoms with Gasteiger partial charge in [0.2, 0.25) is 0 Å². The lowest BCUT2D eigenvalue weighted by Crippen LogP contribution is -2.21. The van der Waals surface area contributed by atoms with E-state index in [0.29, 0.717) is 6.42 Å². The fourth-order valence-electron chi connectivity index (χ4n) is 1.37. The quantitative estimate of drug-likeness (QED) is 0.645. The van der Waals surface area contributed by atoms with Crippen molar-refractivity contribution in [3.63, 3.8) is 0 Å². The van der Waals surface area contributed by atoms with Crippen molar-refractivity contribution in [1.82, 2.24) is 0 Å². The number of hydrogen-bond donors (Lipinski definition) is 0. The van der Waals surface area contributed by atoms with Crippen molar-refractivity contribution in [2.75, 3.05) is 19.5 Å². The normalized spacial score (nSPS) is 24.5. The Hall–Kier alpha value is -0.130. The monoisotopic (exact) mass is 208 g/mol. The minimum absolute atomic E-state index is 0.190. The van der Waals surface area contributed by atoms with E-state index in [-0.39, 0.29) is 12.7 Å². The molecule has 0 saturated carbocycles. The molecular weight excluding hydrogens is 192 g/mol. The molecule has 0 aliphatic carbocycles. The lowest BCUT2D eigenvalue weighted by Gasteiger charge is -2.21. The Balaban J connectivity index is 2.11. The van der Waals surface area contributed by atoms with Crippen molar-refractivity contribution in [2.45, 2.75) is 31.8 Å². The van der Waals surface area contributed by atoms with Crippen LogP contribution in [0.4, 0.5) is 0 Å². The number of ether oxygens (including phenoxy) is 1. The van der Waals surface area contributed by atoms with Crippen LogP contribution in [0, 0.1) is 0 Å². The Bertz CT molecular complexity index is 229. The highest BCUT2D eigenvalue weighted by Crippen LogP contribution is 2.15. The Morgan fingerprint density at radius 1 is 1.46 bits per heavy atom. The first-order valence-electron chi connectivity index (χ1n) is 4.54. The van der Waals surface area contributed by atoms with Crippen molar-refractivity contribution in [1.29, 1.82) is 0 Å². The molecule has 1 heterocycles. The highest BCUT2D eigenvalue weighted by Gasteiger charge is 2.14. The predicted octanol–water partition coefficient (Wildman–Crippen LogP) is 0.922. The van der Waals surface area contributed by atoms with Crippen LogP contribution in [0.2, 0.25) is 0 Å². The van der Waals surface area contributed by atoms with Gasteiger partial charge in [-0.1, -0.05) is 0 Å². The second-order valence-electron chi connectivity index (χ2n) is 3.30. The van der Waals surface area contributed by atoms with Crippen LogP contribution < -0.4 is 0 Å². The highest BCUT2D eigenvalue weighted by atomic mass is 32.2. The van der Waals surface area contributed by atoms with E-state index in [0.717, 1.165) is 25.7 Å². The summed E-state index contributed by atoms with van der Waals surface area (Å²) in [6.07, 6.45) is 5.23. The van der Waals surface area contributed by atoms with Crippen LogP contribution in [0.3, 0.4) is 0 Å². The summed E-state index contributed by atoms with van der Waals surface area (Å²) in [5.74, 6) is 0. The van der Waals surface area contributed by atoms with Crippen LogP contribution in [0.25, 0.3) is 0 Å². The molecule has 13 heavy (non-hydrogen) atoms. The van der Waals surface area contributed by atoms with Crippen molar-refractivity contribution < 1.29 is 17.3 Å². The lowest BCUT2D eigenvalue weighted by atomic mass is 10.1. The Labute approximate surface area is 79.3 Å². The first-order chi connectivity index (χ1) is 6.08. The molecule has 1 aliphatic heterocycles. The zero-order valence-corrected chi connectivity index (χ0v) is 8.68. The molecule has 1 aliphatic rings. The van der Waals surface area contributed by atoms with Gasteiger partial charge in [-0.3, -0.25) is 4.18 Å². The molecule has 0 bridgehead atoms. The standard InChI is InChI=1S/C8H16O4S/c1-13(9,10)12-7-5-8-4-2-3-6-11-8/h8H,2-7H2,1H3/t8-/m0/s1. The molecule has 0 radical (unpaired) electrons. The largest absolute Gasteiger partial charge is 0.378 e. The maximum atomic E-state index is 10.6. The third-order valence-corrected chi connectivity index (χ3v) is 2.61. The van der Waals surface area contributed by atoms with E-state index in [9.17, 15) is 8.42 Å².